The zero-order valence-electron chi connectivity index (χ0n) is 11.2. The van der Waals surface area contributed by atoms with Crippen LogP contribution in [0.15, 0.2) is 18.3 Å². The Bertz CT molecular complexity index is 674. The maximum Gasteiger partial charge on any atom is 0.411 e. The largest absolute Gasteiger partial charge is 0.444 e. The molecule has 0 radical (unpaired) electrons. The van der Waals surface area contributed by atoms with E-state index in [2.05, 4.69) is 10.3 Å². The maximum atomic E-state index is 11.2. The predicted molar refractivity (Wildman–Crippen MR) is 71.6 cm³/mol. The van der Waals surface area contributed by atoms with Gasteiger partial charge in [-0.15, -0.1) is 0 Å². The summed E-state index contributed by atoms with van der Waals surface area (Å²) in [7, 11) is 0. The van der Waals surface area contributed by atoms with Gasteiger partial charge in [-0.1, -0.05) is 0 Å². The molecule has 0 spiro atoms. The monoisotopic (exact) mass is 257 g/mol. The Hall–Kier alpha value is -2.30. The Morgan fingerprint density at radius 3 is 2.79 bits per heavy atom. The molecule has 19 heavy (non-hydrogen) atoms. The number of ether oxygens (including phenoxy) is 1. The van der Waals surface area contributed by atoms with Crippen LogP contribution in [-0.4, -0.2) is 15.6 Å². The summed E-state index contributed by atoms with van der Waals surface area (Å²) in [5.41, 5.74) is 4.89. The molecule has 3 rings (SSSR count). The molecule has 2 aromatic rings. The maximum absolute atomic E-state index is 11.2. The Kier molecular flexibility index (Phi) is 2.55. The van der Waals surface area contributed by atoms with Gasteiger partial charge in [0.15, 0.2) is 0 Å². The minimum Gasteiger partial charge on any atom is -0.444 e. The molecule has 1 N–H and O–H groups in total. The summed E-state index contributed by atoms with van der Waals surface area (Å²) in [6, 6.07) is 4.06. The number of carbonyl (C=O) groups is 1. The van der Waals surface area contributed by atoms with E-state index in [1.165, 1.54) is 0 Å². The number of fused-ring (bicyclic) bond motifs is 1. The van der Waals surface area contributed by atoms with Gasteiger partial charge in [-0.3, -0.25) is 5.32 Å². The first kappa shape index (κ1) is 11.8. The van der Waals surface area contributed by atoms with Gasteiger partial charge in [0.05, 0.1) is 11.4 Å². The van der Waals surface area contributed by atoms with Gasteiger partial charge >= 0.3 is 6.09 Å². The number of nitrogens with zero attached hydrogens (tertiary/aromatic N) is 2. The topological polar surface area (TPSA) is 56.1 Å². The fraction of sp³-hybridized carbons (Fsp3) is 0.286. The molecule has 0 saturated carbocycles. The van der Waals surface area contributed by atoms with Crippen molar-refractivity contribution in [2.75, 3.05) is 5.32 Å². The fourth-order valence-corrected chi connectivity index (χ4v) is 2.43. The first-order valence-electron chi connectivity index (χ1n) is 6.15. The summed E-state index contributed by atoms with van der Waals surface area (Å²) >= 11 is 0. The lowest BCUT2D eigenvalue weighted by molar-refractivity contribution is 0.151. The molecular formula is C14H15N3O2. The van der Waals surface area contributed by atoms with Crippen molar-refractivity contribution < 1.29 is 9.53 Å². The van der Waals surface area contributed by atoms with Crippen LogP contribution in [0.1, 0.15) is 22.6 Å². The molecule has 5 heteroatoms. The Labute approximate surface area is 111 Å². The van der Waals surface area contributed by atoms with E-state index in [1.807, 2.05) is 43.7 Å². The van der Waals surface area contributed by atoms with Crippen LogP contribution in [0, 0.1) is 20.8 Å². The number of carbonyl (C=O) groups excluding carboxylic acids is 1. The molecule has 0 fully saturated rings. The van der Waals surface area contributed by atoms with Crippen molar-refractivity contribution in [1.29, 1.82) is 0 Å². The highest BCUT2D eigenvalue weighted by atomic mass is 16.5. The molecule has 1 amide bonds. The molecule has 1 aromatic heterocycles. The van der Waals surface area contributed by atoms with Crippen LogP contribution in [0.2, 0.25) is 0 Å². The number of benzene rings is 1. The number of hydrogen-bond donors (Lipinski definition) is 1. The molecular weight excluding hydrogens is 242 g/mol. The minimum atomic E-state index is -0.391. The van der Waals surface area contributed by atoms with Crippen LogP contribution in [0.4, 0.5) is 10.5 Å². The number of anilines is 1. The Balaban J connectivity index is 2.12. The third-order valence-electron chi connectivity index (χ3n) is 3.27. The zero-order valence-corrected chi connectivity index (χ0v) is 11.2. The van der Waals surface area contributed by atoms with Crippen LogP contribution < -0.4 is 5.32 Å². The van der Waals surface area contributed by atoms with Crippen LogP contribution in [0.5, 0.6) is 0 Å². The molecule has 1 aliphatic rings. The highest BCUT2D eigenvalue weighted by molar-refractivity contribution is 5.89. The van der Waals surface area contributed by atoms with Gasteiger partial charge in [-0.25, -0.2) is 9.78 Å². The molecule has 0 bridgehead atoms. The highest BCUT2D eigenvalue weighted by Gasteiger charge is 2.19. The second kappa shape index (κ2) is 4.12. The van der Waals surface area contributed by atoms with Crippen molar-refractivity contribution in [3.63, 3.8) is 0 Å². The number of amides is 1. The standard InChI is InChI=1S/C14H15N3O2/c1-8-4-12(17-6-9(2)15-10(17)3)5-11-7-19-14(18)16-13(8)11/h4-6H,7H2,1-3H3,(H,16,18). The van der Waals surface area contributed by atoms with Gasteiger partial charge in [-0.05, 0) is 38.5 Å². The van der Waals surface area contributed by atoms with Gasteiger partial charge in [0.25, 0.3) is 0 Å². The molecule has 1 aliphatic heterocycles. The molecule has 0 aliphatic carbocycles. The van der Waals surface area contributed by atoms with E-state index in [0.29, 0.717) is 6.61 Å². The Morgan fingerprint density at radius 2 is 2.11 bits per heavy atom. The van der Waals surface area contributed by atoms with Gasteiger partial charge in [0, 0.05) is 17.4 Å². The number of cyclic esters (lactones) is 1. The van der Waals surface area contributed by atoms with E-state index >= 15 is 0 Å². The molecule has 0 unspecified atom stereocenters. The second-order valence-corrected chi connectivity index (χ2v) is 4.80. The number of hydrogen-bond acceptors (Lipinski definition) is 3. The third-order valence-corrected chi connectivity index (χ3v) is 3.27. The molecule has 1 aromatic carbocycles. The van der Waals surface area contributed by atoms with Crippen molar-refractivity contribution in [1.82, 2.24) is 9.55 Å². The first-order chi connectivity index (χ1) is 9.04. The normalized spacial score (nSPS) is 13.7. The lowest BCUT2D eigenvalue weighted by Crippen LogP contribution is -2.21. The van der Waals surface area contributed by atoms with E-state index in [-0.39, 0.29) is 0 Å². The first-order valence-corrected chi connectivity index (χ1v) is 6.15. The fourth-order valence-electron chi connectivity index (χ4n) is 2.43. The van der Waals surface area contributed by atoms with Crippen molar-refractivity contribution >= 4 is 11.8 Å². The zero-order chi connectivity index (χ0) is 13.6. The number of aryl methyl sites for hydroxylation is 3. The van der Waals surface area contributed by atoms with Crippen molar-refractivity contribution in [3.05, 3.63) is 41.0 Å². The van der Waals surface area contributed by atoms with Crippen LogP contribution in [0.3, 0.4) is 0 Å². The molecule has 98 valence electrons. The number of aromatic nitrogens is 2. The van der Waals surface area contributed by atoms with E-state index in [4.69, 9.17) is 4.74 Å². The second-order valence-electron chi connectivity index (χ2n) is 4.80. The lowest BCUT2D eigenvalue weighted by atomic mass is 10.1. The van der Waals surface area contributed by atoms with Crippen LogP contribution in [0.25, 0.3) is 5.69 Å². The summed E-state index contributed by atoms with van der Waals surface area (Å²) < 4.78 is 7.05. The van der Waals surface area contributed by atoms with E-state index in [9.17, 15) is 4.79 Å². The summed E-state index contributed by atoms with van der Waals surface area (Å²) in [6.07, 6.45) is 1.61. The summed E-state index contributed by atoms with van der Waals surface area (Å²) in [4.78, 5) is 15.6. The quantitative estimate of drug-likeness (QED) is 0.854. The smallest absolute Gasteiger partial charge is 0.411 e. The van der Waals surface area contributed by atoms with Crippen molar-refractivity contribution in [2.45, 2.75) is 27.4 Å². The van der Waals surface area contributed by atoms with Crippen LogP contribution in [-0.2, 0) is 11.3 Å². The van der Waals surface area contributed by atoms with Crippen molar-refractivity contribution in [2.24, 2.45) is 0 Å². The number of rotatable bonds is 1. The molecule has 0 atom stereocenters. The average Bonchev–Trinajstić information content (AvgIpc) is 2.69. The number of imidazole rings is 1. The molecule has 0 saturated heterocycles. The summed E-state index contributed by atoms with van der Waals surface area (Å²) in [5, 5.41) is 2.74. The molecule has 2 heterocycles. The van der Waals surface area contributed by atoms with Crippen molar-refractivity contribution in [3.8, 4) is 5.69 Å². The van der Waals surface area contributed by atoms with E-state index < -0.39 is 6.09 Å². The highest BCUT2D eigenvalue weighted by Crippen LogP contribution is 2.29. The van der Waals surface area contributed by atoms with Gasteiger partial charge in [0.2, 0.25) is 0 Å². The minimum absolute atomic E-state index is 0.308. The Morgan fingerprint density at radius 1 is 1.32 bits per heavy atom. The SMILES string of the molecule is Cc1cn(-c2cc(C)c3c(c2)COC(=O)N3)c(C)n1. The van der Waals surface area contributed by atoms with Gasteiger partial charge in [0.1, 0.15) is 12.4 Å². The lowest BCUT2D eigenvalue weighted by Gasteiger charge is -2.21. The third kappa shape index (κ3) is 1.97. The average molecular weight is 257 g/mol. The summed E-state index contributed by atoms with van der Waals surface area (Å²) in [5.74, 6) is 0.942. The van der Waals surface area contributed by atoms with Crippen LogP contribution >= 0.6 is 0 Å². The predicted octanol–water partition coefficient (Wildman–Crippen LogP) is 2.86. The van der Waals surface area contributed by atoms with Gasteiger partial charge in [-0.2, -0.15) is 0 Å². The van der Waals surface area contributed by atoms with E-state index in [1.54, 1.807) is 0 Å². The number of nitrogens with one attached hydrogen (secondary N) is 1. The summed E-state index contributed by atoms with van der Waals surface area (Å²) in [6.45, 7) is 6.23. The van der Waals surface area contributed by atoms with Gasteiger partial charge < -0.3 is 9.30 Å². The van der Waals surface area contributed by atoms with E-state index in [0.717, 1.165) is 34.0 Å². The molecule has 5 nitrogen and oxygen atoms in total.